The number of carboxylic acid groups (broad SMARTS) is 1. The van der Waals surface area contributed by atoms with Crippen LogP contribution in [0.5, 0.6) is 0 Å². The maximum atomic E-state index is 9.42. The van der Waals surface area contributed by atoms with Crippen molar-refractivity contribution < 1.29 is 14.7 Å². The second-order valence-corrected chi connectivity index (χ2v) is 2.56. The van der Waals surface area contributed by atoms with Crippen molar-refractivity contribution in [1.82, 2.24) is 0 Å². The first-order valence-electron chi connectivity index (χ1n) is 1.20. The average Bonchev–Trinajstić information content (AvgIpc) is 1.35. The summed E-state index contributed by atoms with van der Waals surface area (Å²) in [4.78, 5) is 18.7. The summed E-state index contributed by atoms with van der Waals surface area (Å²) in [5.41, 5.74) is 0. The Hall–Kier alpha value is -0.302. The molecular weight excluding hydrogens is 147 g/mol. The van der Waals surface area contributed by atoms with Gasteiger partial charge >= 0.3 is 40.3 Å². The normalized spacial score (nSPS) is 9.33. The Morgan fingerprint density at radius 3 is 2.33 bits per heavy atom. The third kappa shape index (κ3) is 3.70. The van der Waals surface area contributed by atoms with Gasteiger partial charge in [0.2, 0.25) is 0 Å². The van der Waals surface area contributed by atoms with Gasteiger partial charge in [0.1, 0.15) is 0 Å². The number of carbonyl (C=O) groups is 2. The number of hydrogen-bond acceptors (Lipinski definition) is 2. The molecule has 1 unspecified atom stereocenters. The summed E-state index contributed by atoms with van der Waals surface area (Å²) < 4.78 is -0.954. The van der Waals surface area contributed by atoms with Crippen LogP contribution in [0, 0.1) is 0 Å². The number of rotatable bonds is 2. The first-order chi connectivity index (χ1) is 2.77. The minimum atomic E-state index is -1.31. The van der Waals surface area contributed by atoms with E-state index in [1.807, 2.05) is 0 Å². The Morgan fingerprint density at radius 2 is 2.33 bits per heavy atom. The van der Waals surface area contributed by atoms with E-state index in [0.29, 0.717) is 5.07 Å². The molecule has 0 saturated carbocycles. The molecule has 0 heterocycles. The molecule has 0 aliphatic heterocycles. The molecule has 1 atom stereocenters. The summed E-state index contributed by atoms with van der Waals surface area (Å²) in [7, 11) is 0. The molecule has 3 nitrogen and oxygen atoms in total. The van der Waals surface area contributed by atoms with Gasteiger partial charge in [0.05, 0.1) is 0 Å². The van der Waals surface area contributed by atoms with Crippen LogP contribution in [0.25, 0.3) is 0 Å². The van der Waals surface area contributed by atoms with Crippen molar-refractivity contribution in [2.45, 2.75) is 0 Å². The van der Waals surface area contributed by atoms with Crippen molar-refractivity contribution in [2.24, 2.45) is 0 Å². The van der Waals surface area contributed by atoms with Gasteiger partial charge in [-0.15, -0.1) is 0 Å². The Labute approximate surface area is 41.0 Å². The fraction of sp³-hybridized carbons (Fsp3) is 0. The van der Waals surface area contributed by atoms with Crippen molar-refractivity contribution >= 4 is 25.6 Å². The van der Waals surface area contributed by atoms with Crippen molar-refractivity contribution in [3.63, 3.8) is 0 Å². The number of hydrogen-bond donors (Lipinski definition) is 1. The summed E-state index contributed by atoms with van der Waals surface area (Å²) in [6.45, 7) is 0. The van der Waals surface area contributed by atoms with Crippen LogP contribution in [0.4, 0.5) is 4.79 Å². The van der Waals surface area contributed by atoms with Crippen molar-refractivity contribution in [2.75, 3.05) is 0 Å². The average molecular weight is 150 g/mol. The predicted molar refractivity (Wildman–Crippen MR) is 21.9 cm³/mol. The zero-order valence-corrected chi connectivity index (χ0v) is 4.94. The van der Waals surface area contributed by atoms with Crippen LogP contribution in [0.15, 0.2) is 0 Å². The van der Waals surface area contributed by atoms with Crippen LogP contribution in [-0.2, 0) is 4.79 Å². The molecular formula is C2H3AsO3. The van der Waals surface area contributed by atoms with Crippen molar-refractivity contribution in [1.29, 1.82) is 0 Å². The van der Waals surface area contributed by atoms with E-state index >= 15 is 0 Å². The van der Waals surface area contributed by atoms with E-state index in [0.717, 1.165) is 0 Å². The van der Waals surface area contributed by atoms with E-state index in [1.54, 1.807) is 0 Å². The zero-order valence-electron chi connectivity index (χ0n) is 2.84. The second-order valence-electron chi connectivity index (χ2n) is 0.567. The summed E-state index contributed by atoms with van der Waals surface area (Å²) in [6.07, 6.45) is 0. The molecule has 0 fully saturated rings. The summed E-state index contributed by atoms with van der Waals surface area (Å²) in [5.74, 6) is 0. The topological polar surface area (TPSA) is 54.4 Å². The summed E-state index contributed by atoms with van der Waals surface area (Å²) in [6, 6.07) is 0. The van der Waals surface area contributed by atoms with E-state index in [4.69, 9.17) is 5.11 Å². The molecule has 0 aromatic heterocycles. The first-order valence-corrected chi connectivity index (χ1v) is 3.46. The molecule has 0 saturated heterocycles. The van der Waals surface area contributed by atoms with Crippen LogP contribution in [0.3, 0.4) is 0 Å². The molecule has 1 N–H and O–H groups in total. The van der Waals surface area contributed by atoms with E-state index in [1.165, 1.54) is 0 Å². The number of carbonyl (C=O) groups excluding carboxylic acids is 1. The molecule has 4 heteroatoms. The Kier molecular flexibility index (Phi) is 2.76. The SMILES string of the molecule is O=C[AsH]C(=O)O. The molecule has 0 aromatic carbocycles. The monoisotopic (exact) mass is 150 g/mol. The molecule has 0 radical (unpaired) electrons. The Bertz CT molecular complexity index is 69.2. The maximum absolute atomic E-state index is 9.42. The standard InChI is InChI=1S/C2H3AsO3/c4-1-3-2(5)6/h1,3H,(H,5,6). The third-order valence-electron chi connectivity index (χ3n) is 0.182. The van der Waals surface area contributed by atoms with Gasteiger partial charge in [0, 0.05) is 0 Å². The van der Waals surface area contributed by atoms with Gasteiger partial charge in [-0.05, 0) is 0 Å². The predicted octanol–water partition coefficient (Wildman–Crippen LogP) is -0.709. The fourth-order valence-electron chi connectivity index (χ4n) is 0.0504. The van der Waals surface area contributed by atoms with E-state index in [2.05, 4.69) is 0 Å². The first kappa shape index (κ1) is 5.70. The minimum absolute atomic E-state index is 0.475. The van der Waals surface area contributed by atoms with Crippen LogP contribution < -0.4 is 0 Å². The summed E-state index contributed by atoms with van der Waals surface area (Å²) >= 11 is -1.31. The molecule has 0 bridgehead atoms. The van der Waals surface area contributed by atoms with E-state index in [-0.39, 0.29) is 0 Å². The quantitative estimate of drug-likeness (QED) is 0.417. The Morgan fingerprint density at radius 1 is 1.83 bits per heavy atom. The van der Waals surface area contributed by atoms with Crippen LogP contribution in [0.2, 0.25) is 0 Å². The van der Waals surface area contributed by atoms with Gasteiger partial charge in [0.25, 0.3) is 0 Å². The molecule has 0 amide bonds. The third-order valence-corrected chi connectivity index (χ3v) is 0.948. The Balaban J connectivity index is 3.05. The van der Waals surface area contributed by atoms with Gasteiger partial charge in [-0.1, -0.05) is 0 Å². The second kappa shape index (κ2) is 2.91. The molecule has 0 aliphatic rings. The van der Waals surface area contributed by atoms with Gasteiger partial charge in [-0.3, -0.25) is 0 Å². The molecule has 0 aliphatic carbocycles. The van der Waals surface area contributed by atoms with Gasteiger partial charge in [-0.2, -0.15) is 0 Å². The van der Waals surface area contributed by atoms with Gasteiger partial charge in [0.15, 0.2) is 0 Å². The summed E-state index contributed by atoms with van der Waals surface area (Å²) in [5, 5.41) is 8.21. The van der Waals surface area contributed by atoms with Crippen LogP contribution in [0.1, 0.15) is 0 Å². The van der Waals surface area contributed by atoms with Crippen LogP contribution in [-0.4, -0.2) is 30.7 Å². The molecule has 34 valence electrons. The molecule has 0 spiro atoms. The molecule has 0 aromatic rings. The van der Waals surface area contributed by atoms with E-state index in [9.17, 15) is 9.59 Å². The zero-order chi connectivity index (χ0) is 4.99. The van der Waals surface area contributed by atoms with Crippen LogP contribution >= 0.6 is 0 Å². The van der Waals surface area contributed by atoms with E-state index < -0.39 is 20.5 Å². The fourth-order valence-corrected chi connectivity index (χ4v) is 0.262. The molecule has 0 rings (SSSR count). The molecule has 6 heavy (non-hydrogen) atoms. The van der Waals surface area contributed by atoms with Crippen molar-refractivity contribution in [3.8, 4) is 0 Å². The van der Waals surface area contributed by atoms with Gasteiger partial charge < -0.3 is 0 Å². The van der Waals surface area contributed by atoms with Gasteiger partial charge in [-0.25, -0.2) is 0 Å². The van der Waals surface area contributed by atoms with Crippen molar-refractivity contribution in [3.05, 3.63) is 0 Å².